The van der Waals surface area contributed by atoms with Gasteiger partial charge in [-0.2, -0.15) is 0 Å². The molecule has 0 aliphatic carbocycles. The van der Waals surface area contributed by atoms with Crippen molar-refractivity contribution in [1.82, 2.24) is 9.80 Å². The predicted octanol–water partition coefficient (Wildman–Crippen LogP) is 0.559. The second kappa shape index (κ2) is 3.90. The number of hydrogen-bond donors (Lipinski definition) is 0. The van der Waals surface area contributed by atoms with Gasteiger partial charge in [0.05, 0.1) is 0 Å². The second-order valence-electron chi connectivity index (χ2n) is 3.60. The molecule has 1 amide bonds. The smallest absolute Gasteiger partial charge is 0.222 e. The number of likely N-dealkylation sites (N-methyl/N-ethyl adjacent to an activating group) is 1. The Morgan fingerprint density at radius 3 is 2.67 bits per heavy atom. The summed E-state index contributed by atoms with van der Waals surface area (Å²) < 4.78 is 0. The molecule has 0 aromatic carbocycles. The number of rotatable bonds is 2. The standard InChI is InChI=1S/C9H18N2O/c1-4-9(12)11-6-5-8(7-11)10(2)3/h8H,4-7H2,1-3H3/t8-/m1/s1. The normalized spacial score (nSPS) is 23.7. The van der Waals surface area contributed by atoms with Gasteiger partial charge in [-0.3, -0.25) is 4.79 Å². The van der Waals surface area contributed by atoms with E-state index in [2.05, 4.69) is 19.0 Å². The largest absolute Gasteiger partial charge is 0.341 e. The summed E-state index contributed by atoms with van der Waals surface area (Å²) in [5.74, 6) is 0.291. The van der Waals surface area contributed by atoms with E-state index < -0.39 is 0 Å². The lowest BCUT2D eigenvalue weighted by atomic mass is 10.2. The van der Waals surface area contributed by atoms with E-state index in [0.29, 0.717) is 18.4 Å². The maximum Gasteiger partial charge on any atom is 0.222 e. The SMILES string of the molecule is CCC(=O)N1CC[C@@H](N(C)C)C1. The van der Waals surface area contributed by atoms with Crippen LogP contribution in [0.5, 0.6) is 0 Å². The van der Waals surface area contributed by atoms with Crippen LogP contribution in [0.3, 0.4) is 0 Å². The van der Waals surface area contributed by atoms with Gasteiger partial charge in [-0.1, -0.05) is 6.92 Å². The zero-order valence-electron chi connectivity index (χ0n) is 8.21. The van der Waals surface area contributed by atoms with Gasteiger partial charge in [0.1, 0.15) is 0 Å². The minimum atomic E-state index is 0.291. The van der Waals surface area contributed by atoms with E-state index in [-0.39, 0.29) is 0 Å². The molecule has 70 valence electrons. The van der Waals surface area contributed by atoms with Crippen LogP contribution in [0.2, 0.25) is 0 Å². The van der Waals surface area contributed by atoms with Crippen LogP contribution >= 0.6 is 0 Å². The third-order valence-electron chi connectivity index (χ3n) is 2.55. The molecule has 0 bridgehead atoms. The molecule has 12 heavy (non-hydrogen) atoms. The van der Waals surface area contributed by atoms with Crippen molar-refractivity contribution in [2.75, 3.05) is 27.2 Å². The Bertz CT molecular complexity index is 168. The lowest BCUT2D eigenvalue weighted by Gasteiger charge is -2.19. The Hall–Kier alpha value is -0.570. The minimum Gasteiger partial charge on any atom is -0.341 e. The third kappa shape index (κ3) is 1.97. The van der Waals surface area contributed by atoms with Crippen molar-refractivity contribution in [2.24, 2.45) is 0 Å². The number of likely N-dealkylation sites (tertiary alicyclic amines) is 1. The van der Waals surface area contributed by atoms with Crippen molar-refractivity contribution < 1.29 is 4.79 Å². The summed E-state index contributed by atoms with van der Waals surface area (Å²) in [4.78, 5) is 15.4. The van der Waals surface area contributed by atoms with Crippen molar-refractivity contribution in [3.8, 4) is 0 Å². The van der Waals surface area contributed by atoms with Crippen LogP contribution in [0, 0.1) is 0 Å². The van der Waals surface area contributed by atoms with Crippen molar-refractivity contribution in [3.63, 3.8) is 0 Å². The van der Waals surface area contributed by atoms with Gasteiger partial charge in [-0.25, -0.2) is 0 Å². The molecule has 1 aliphatic heterocycles. The summed E-state index contributed by atoms with van der Waals surface area (Å²) >= 11 is 0. The molecule has 1 heterocycles. The first-order valence-electron chi connectivity index (χ1n) is 4.59. The van der Waals surface area contributed by atoms with Gasteiger partial charge in [0, 0.05) is 25.6 Å². The molecule has 0 N–H and O–H groups in total. The predicted molar refractivity (Wildman–Crippen MR) is 49.0 cm³/mol. The number of carbonyl (C=O) groups excluding carboxylic acids is 1. The fourth-order valence-corrected chi connectivity index (χ4v) is 1.61. The van der Waals surface area contributed by atoms with E-state index in [1.54, 1.807) is 0 Å². The first-order valence-corrected chi connectivity index (χ1v) is 4.59. The highest BCUT2D eigenvalue weighted by Crippen LogP contribution is 2.13. The average molecular weight is 170 g/mol. The minimum absolute atomic E-state index is 0.291. The van der Waals surface area contributed by atoms with Gasteiger partial charge in [0.25, 0.3) is 0 Å². The molecule has 0 saturated carbocycles. The molecule has 1 aliphatic rings. The van der Waals surface area contributed by atoms with E-state index >= 15 is 0 Å². The molecule has 0 aromatic rings. The molecule has 3 nitrogen and oxygen atoms in total. The van der Waals surface area contributed by atoms with E-state index in [4.69, 9.17) is 0 Å². The van der Waals surface area contributed by atoms with Crippen LogP contribution in [0.15, 0.2) is 0 Å². The molecule has 0 radical (unpaired) electrons. The molecule has 0 spiro atoms. The average Bonchev–Trinajstić information content (AvgIpc) is 2.51. The molecule has 0 unspecified atom stereocenters. The molecule has 1 saturated heterocycles. The number of carbonyl (C=O) groups is 1. The Morgan fingerprint density at radius 1 is 1.58 bits per heavy atom. The molecule has 1 rings (SSSR count). The highest BCUT2D eigenvalue weighted by atomic mass is 16.2. The second-order valence-corrected chi connectivity index (χ2v) is 3.60. The lowest BCUT2D eigenvalue weighted by molar-refractivity contribution is -0.129. The monoisotopic (exact) mass is 170 g/mol. The maximum absolute atomic E-state index is 11.3. The quantitative estimate of drug-likeness (QED) is 0.604. The van der Waals surface area contributed by atoms with E-state index in [1.807, 2.05) is 11.8 Å². The Morgan fingerprint density at radius 2 is 2.25 bits per heavy atom. The van der Waals surface area contributed by atoms with Gasteiger partial charge >= 0.3 is 0 Å². The Labute approximate surface area is 74.3 Å². The number of nitrogens with zero attached hydrogens (tertiary/aromatic N) is 2. The van der Waals surface area contributed by atoms with E-state index in [0.717, 1.165) is 19.5 Å². The Kier molecular flexibility index (Phi) is 3.09. The summed E-state index contributed by atoms with van der Waals surface area (Å²) in [6.45, 7) is 3.78. The van der Waals surface area contributed by atoms with E-state index in [9.17, 15) is 4.79 Å². The molecular formula is C9H18N2O. The third-order valence-corrected chi connectivity index (χ3v) is 2.55. The lowest BCUT2D eigenvalue weighted by Crippen LogP contribution is -2.34. The summed E-state index contributed by atoms with van der Waals surface area (Å²) in [6.07, 6.45) is 1.76. The van der Waals surface area contributed by atoms with Crippen LogP contribution in [0.4, 0.5) is 0 Å². The molecule has 0 aromatic heterocycles. The fourth-order valence-electron chi connectivity index (χ4n) is 1.61. The molecule has 1 atom stereocenters. The van der Waals surface area contributed by atoms with Crippen molar-refractivity contribution in [2.45, 2.75) is 25.8 Å². The van der Waals surface area contributed by atoms with Crippen LogP contribution in [-0.4, -0.2) is 48.9 Å². The maximum atomic E-state index is 11.3. The first-order chi connectivity index (χ1) is 5.65. The topological polar surface area (TPSA) is 23.6 Å². The fraction of sp³-hybridized carbons (Fsp3) is 0.889. The summed E-state index contributed by atoms with van der Waals surface area (Å²) in [5, 5.41) is 0. The van der Waals surface area contributed by atoms with Crippen LogP contribution in [-0.2, 0) is 4.79 Å². The van der Waals surface area contributed by atoms with E-state index in [1.165, 1.54) is 0 Å². The Balaban J connectivity index is 2.40. The molecule has 3 heteroatoms. The van der Waals surface area contributed by atoms with Crippen molar-refractivity contribution in [1.29, 1.82) is 0 Å². The van der Waals surface area contributed by atoms with Crippen molar-refractivity contribution in [3.05, 3.63) is 0 Å². The van der Waals surface area contributed by atoms with Gasteiger partial charge < -0.3 is 9.80 Å². The number of amides is 1. The van der Waals surface area contributed by atoms with Crippen LogP contribution in [0.1, 0.15) is 19.8 Å². The van der Waals surface area contributed by atoms with Gasteiger partial charge in [0.15, 0.2) is 0 Å². The highest BCUT2D eigenvalue weighted by molar-refractivity contribution is 5.76. The summed E-state index contributed by atoms with van der Waals surface area (Å²) in [7, 11) is 4.15. The van der Waals surface area contributed by atoms with Crippen LogP contribution in [0.25, 0.3) is 0 Å². The zero-order valence-corrected chi connectivity index (χ0v) is 8.21. The van der Waals surface area contributed by atoms with Crippen molar-refractivity contribution >= 4 is 5.91 Å². The summed E-state index contributed by atoms with van der Waals surface area (Å²) in [6, 6.07) is 0.570. The highest BCUT2D eigenvalue weighted by Gasteiger charge is 2.25. The first kappa shape index (κ1) is 9.52. The molecule has 1 fully saturated rings. The van der Waals surface area contributed by atoms with Crippen LogP contribution < -0.4 is 0 Å². The summed E-state index contributed by atoms with van der Waals surface area (Å²) in [5.41, 5.74) is 0. The van der Waals surface area contributed by atoms with Gasteiger partial charge in [0.2, 0.25) is 5.91 Å². The zero-order chi connectivity index (χ0) is 9.14. The number of hydrogen-bond acceptors (Lipinski definition) is 2. The molecular weight excluding hydrogens is 152 g/mol. The van der Waals surface area contributed by atoms with Gasteiger partial charge in [-0.05, 0) is 20.5 Å². The van der Waals surface area contributed by atoms with Gasteiger partial charge in [-0.15, -0.1) is 0 Å².